The molecule has 0 aliphatic rings. The van der Waals surface area contributed by atoms with Crippen molar-refractivity contribution in [1.82, 2.24) is 4.90 Å². The summed E-state index contributed by atoms with van der Waals surface area (Å²) in [6.07, 6.45) is 4.90. The van der Waals surface area contributed by atoms with Crippen molar-refractivity contribution in [3.05, 3.63) is 29.8 Å². The summed E-state index contributed by atoms with van der Waals surface area (Å²) in [6, 6.07) is 7.76. The molecule has 0 radical (unpaired) electrons. The fraction of sp³-hybridized carbons (Fsp3) is 0.533. The van der Waals surface area contributed by atoms with Crippen LogP contribution >= 0.6 is 11.8 Å². The maximum atomic E-state index is 12.1. The summed E-state index contributed by atoms with van der Waals surface area (Å²) >= 11 is 1.68. The van der Waals surface area contributed by atoms with Crippen LogP contribution < -0.4 is 0 Å². The van der Waals surface area contributed by atoms with E-state index in [2.05, 4.69) is 0 Å². The summed E-state index contributed by atoms with van der Waals surface area (Å²) < 4.78 is 0. The number of rotatable bonds is 9. The summed E-state index contributed by atoms with van der Waals surface area (Å²) in [5.74, 6) is 0.164. The number of hydrogen-bond acceptors (Lipinski definition) is 4. The van der Waals surface area contributed by atoms with Gasteiger partial charge in [-0.1, -0.05) is 12.1 Å². The van der Waals surface area contributed by atoms with Gasteiger partial charge in [0.1, 0.15) is 0 Å². The van der Waals surface area contributed by atoms with E-state index in [4.69, 9.17) is 5.11 Å². The zero-order valence-electron chi connectivity index (χ0n) is 11.8. The van der Waals surface area contributed by atoms with Crippen molar-refractivity contribution >= 4 is 17.5 Å². The van der Waals surface area contributed by atoms with E-state index < -0.39 is 0 Å². The van der Waals surface area contributed by atoms with E-state index in [0.717, 1.165) is 31.4 Å². The molecule has 0 bridgehead atoms. The average molecular weight is 281 g/mol. The topological polar surface area (TPSA) is 40.5 Å². The maximum Gasteiger partial charge on any atom is 0.176 e. The van der Waals surface area contributed by atoms with Gasteiger partial charge in [0.05, 0.1) is 6.54 Å². The Morgan fingerprint density at radius 1 is 1.21 bits per heavy atom. The first-order chi connectivity index (χ1) is 9.17. The van der Waals surface area contributed by atoms with Crippen LogP contribution in [0.4, 0.5) is 0 Å². The molecule has 0 heterocycles. The highest BCUT2D eigenvalue weighted by atomic mass is 32.2. The van der Waals surface area contributed by atoms with Crippen LogP contribution in [0.2, 0.25) is 0 Å². The summed E-state index contributed by atoms with van der Waals surface area (Å²) in [5, 5.41) is 8.70. The van der Waals surface area contributed by atoms with Crippen molar-refractivity contribution in [2.24, 2.45) is 0 Å². The van der Waals surface area contributed by atoms with Crippen LogP contribution in [0.5, 0.6) is 0 Å². The molecule has 3 nitrogen and oxygen atoms in total. The Morgan fingerprint density at radius 3 is 2.47 bits per heavy atom. The molecule has 0 unspecified atom stereocenters. The number of carbonyl (C=O) groups is 1. The van der Waals surface area contributed by atoms with Crippen molar-refractivity contribution in [2.45, 2.75) is 24.2 Å². The molecule has 0 aliphatic heterocycles. The van der Waals surface area contributed by atoms with Gasteiger partial charge in [0.2, 0.25) is 0 Å². The first kappa shape index (κ1) is 16.2. The normalized spacial score (nSPS) is 10.9. The van der Waals surface area contributed by atoms with E-state index in [9.17, 15) is 4.79 Å². The standard InChI is InChI=1S/C15H23NO2S/c1-16(10-4-3-5-11-17)12-15(18)13-6-8-14(19-2)9-7-13/h6-9,17H,3-5,10-12H2,1-2H3. The molecule has 0 fully saturated rings. The maximum absolute atomic E-state index is 12.1. The van der Waals surface area contributed by atoms with E-state index in [1.807, 2.05) is 42.5 Å². The molecule has 0 saturated carbocycles. The minimum absolute atomic E-state index is 0.164. The third-order valence-corrected chi connectivity index (χ3v) is 3.77. The van der Waals surface area contributed by atoms with Gasteiger partial charge in [-0.3, -0.25) is 9.69 Å². The highest BCUT2D eigenvalue weighted by Crippen LogP contribution is 2.15. The van der Waals surface area contributed by atoms with Crippen molar-refractivity contribution in [3.63, 3.8) is 0 Å². The van der Waals surface area contributed by atoms with Crippen LogP contribution in [-0.2, 0) is 0 Å². The summed E-state index contributed by atoms with van der Waals surface area (Å²) in [4.78, 5) is 15.3. The molecule has 0 saturated heterocycles. The molecule has 1 aromatic rings. The van der Waals surface area contributed by atoms with Gasteiger partial charge in [-0.05, 0) is 51.2 Å². The van der Waals surface area contributed by atoms with E-state index >= 15 is 0 Å². The molecule has 0 spiro atoms. The monoisotopic (exact) mass is 281 g/mol. The van der Waals surface area contributed by atoms with E-state index in [1.54, 1.807) is 11.8 Å². The second-order valence-corrected chi connectivity index (χ2v) is 5.55. The highest BCUT2D eigenvalue weighted by Gasteiger charge is 2.09. The molecule has 1 rings (SSSR count). The van der Waals surface area contributed by atoms with E-state index in [0.29, 0.717) is 6.54 Å². The Kier molecular flexibility index (Phi) is 7.79. The fourth-order valence-electron chi connectivity index (χ4n) is 1.86. The first-order valence-corrected chi connectivity index (χ1v) is 7.86. The minimum Gasteiger partial charge on any atom is -0.396 e. The predicted octanol–water partition coefficient (Wildman–Crippen LogP) is 2.69. The summed E-state index contributed by atoms with van der Waals surface area (Å²) in [7, 11) is 1.97. The lowest BCUT2D eigenvalue weighted by Gasteiger charge is -2.15. The van der Waals surface area contributed by atoms with Crippen LogP contribution in [0.1, 0.15) is 29.6 Å². The Balaban J connectivity index is 2.36. The lowest BCUT2D eigenvalue weighted by Crippen LogP contribution is -2.27. The number of benzene rings is 1. The third-order valence-electron chi connectivity index (χ3n) is 3.02. The number of hydrogen-bond donors (Lipinski definition) is 1. The number of thioether (sulfide) groups is 1. The lowest BCUT2D eigenvalue weighted by molar-refractivity contribution is 0.0945. The van der Waals surface area contributed by atoms with Crippen LogP contribution in [0.15, 0.2) is 29.2 Å². The molecule has 1 N–H and O–H groups in total. The molecule has 19 heavy (non-hydrogen) atoms. The number of likely N-dealkylation sites (N-methyl/N-ethyl adjacent to an activating group) is 1. The van der Waals surface area contributed by atoms with Gasteiger partial charge in [0.15, 0.2) is 5.78 Å². The Bertz CT molecular complexity index is 378. The molecule has 1 aromatic carbocycles. The molecule has 106 valence electrons. The largest absolute Gasteiger partial charge is 0.396 e. The van der Waals surface area contributed by atoms with Crippen LogP contribution in [0.25, 0.3) is 0 Å². The van der Waals surface area contributed by atoms with Gasteiger partial charge in [-0.25, -0.2) is 0 Å². The fourth-order valence-corrected chi connectivity index (χ4v) is 2.27. The van der Waals surface area contributed by atoms with Crippen LogP contribution in [-0.4, -0.2) is 48.8 Å². The molecule has 0 aromatic heterocycles. The van der Waals surface area contributed by atoms with Gasteiger partial charge < -0.3 is 5.11 Å². The number of unbranched alkanes of at least 4 members (excludes halogenated alkanes) is 2. The second kappa shape index (κ2) is 9.13. The first-order valence-electron chi connectivity index (χ1n) is 6.64. The smallest absolute Gasteiger partial charge is 0.176 e. The Hall–Kier alpha value is -0.840. The molecular formula is C15H23NO2S. The quantitative estimate of drug-likeness (QED) is 0.429. The minimum atomic E-state index is 0.164. The van der Waals surface area contributed by atoms with Gasteiger partial charge in [-0.2, -0.15) is 0 Å². The Labute approximate surface area is 120 Å². The molecule has 0 atom stereocenters. The van der Waals surface area contributed by atoms with Crippen LogP contribution in [0, 0.1) is 0 Å². The zero-order valence-corrected chi connectivity index (χ0v) is 12.6. The van der Waals surface area contributed by atoms with Crippen molar-refractivity contribution < 1.29 is 9.90 Å². The molecule has 0 aliphatic carbocycles. The highest BCUT2D eigenvalue weighted by molar-refractivity contribution is 7.98. The van der Waals surface area contributed by atoms with Gasteiger partial charge in [0.25, 0.3) is 0 Å². The second-order valence-electron chi connectivity index (χ2n) is 4.67. The van der Waals surface area contributed by atoms with E-state index in [1.165, 1.54) is 4.90 Å². The van der Waals surface area contributed by atoms with E-state index in [-0.39, 0.29) is 12.4 Å². The average Bonchev–Trinajstić information content (AvgIpc) is 2.43. The van der Waals surface area contributed by atoms with Crippen molar-refractivity contribution in [1.29, 1.82) is 0 Å². The molecule has 0 amide bonds. The number of ketones is 1. The predicted molar refractivity (Wildman–Crippen MR) is 81.0 cm³/mol. The number of aliphatic hydroxyl groups is 1. The van der Waals surface area contributed by atoms with Crippen molar-refractivity contribution in [2.75, 3.05) is 33.0 Å². The molecular weight excluding hydrogens is 258 g/mol. The summed E-state index contributed by atoms with van der Waals surface area (Å²) in [6.45, 7) is 1.61. The number of nitrogens with zero attached hydrogens (tertiary/aromatic N) is 1. The lowest BCUT2D eigenvalue weighted by atomic mass is 10.1. The van der Waals surface area contributed by atoms with Gasteiger partial charge in [-0.15, -0.1) is 11.8 Å². The summed E-state index contributed by atoms with van der Waals surface area (Å²) in [5.41, 5.74) is 0.778. The molecule has 4 heteroatoms. The third kappa shape index (κ3) is 6.23. The Morgan fingerprint density at radius 2 is 1.89 bits per heavy atom. The number of Topliss-reactive ketones (excluding diaryl/α,β-unsaturated/α-hetero) is 1. The zero-order chi connectivity index (χ0) is 14.1. The SMILES string of the molecule is CSc1ccc(C(=O)CN(C)CCCCCO)cc1. The van der Waals surface area contributed by atoms with Crippen LogP contribution in [0.3, 0.4) is 0 Å². The van der Waals surface area contributed by atoms with Crippen molar-refractivity contribution in [3.8, 4) is 0 Å². The van der Waals surface area contributed by atoms with Gasteiger partial charge in [0, 0.05) is 17.1 Å². The number of carbonyl (C=O) groups excluding carboxylic acids is 1. The number of aliphatic hydroxyl groups excluding tert-OH is 1. The van der Waals surface area contributed by atoms with Gasteiger partial charge >= 0.3 is 0 Å².